The number of nitrogens with zero attached hydrogens (tertiary/aromatic N) is 2. The Kier molecular flexibility index (Phi) is 4.82. The highest BCUT2D eigenvalue weighted by atomic mass is 35.5. The molecule has 0 aliphatic carbocycles. The second kappa shape index (κ2) is 5.91. The first-order valence-corrected chi connectivity index (χ1v) is 5.73. The molecule has 0 aromatic carbocycles. The van der Waals surface area contributed by atoms with Crippen molar-refractivity contribution in [2.45, 2.75) is 23.6 Å². The van der Waals surface area contributed by atoms with Crippen molar-refractivity contribution >= 4 is 29.3 Å². The predicted molar refractivity (Wildman–Crippen MR) is 61.2 cm³/mol. The van der Waals surface area contributed by atoms with E-state index in [1.165, 1.54) is 25.1 Å². The number of halogens is 1. The van der Waals surface area contributed by atoms with Crippen LogP contribution in [0.1, 0.15) is 13.3 Å². The van der Waals surface area contributed by atoms with Crippen LogP contribution in [0.5, 0.6) is 6.01 Å². The van der Waals surface area contributed by atoms with Gasteiger partial charge in [0.1, 0.15) is 5.03 Å². The van der Waals surface area contributed by atoms with E-state index in [2.05, 4.69) is 9.97 Å². The molecular weight excluding hydrogens is 252 g/mol. The summed E-state index contributed by atoms with van der Waals surface area (Å²) in [4.78, 5) is 18.4. The fourth-order valence-corrected chi connectivity index (χ4v) is 2.12. The number of carbonyl (C=O) groups is 1. The first-order valence-electron chi connectivity index (χ1n) is 4.48. The summed E-state index contributed by atoms with van der Waals surface area (Å²) in [6, 6.07) is 0.217. The SMILES string of the molecule is COc1ncc(Cl)c(SC(C)CC(=O)O)n1. The highest BCUT2D eigenvalue weighted by Crippen LogP contribution is 2.30. The summed E-state index contributed by atoms with van der Waals surface area (Å²) in [5, 5.41) is 9.43. The lowest BCUT2D eigenvalue weighted by Gasteiger charge is -2.09. The fourth-order valence-electron chi connectivity index (χ4n) is 0.995. The number of hydrogen-bond acceptors (Lipinski definition) is 5. The maximum atomic E-state index is 10.5. The van der Waals surface area contributed by atoms with Crippen LogP contribution in [0.25, 0.3) is 0 Å². The molecule has 1 rings (SSSR count). The summed E-state index contributed by atoms with van der Waals surface area (Å²) in [7, 11) is 1.46. The third-order valence-corrected chi connectivity index (χ3v) is 3.14. The van der Waals surface area contributed by atoms with E-state index < -0.39 is 5.97 Å². The van der Waals surface area contributed by atoms with Crippen LogP contribution in [0, 0.1) is 0 Å². The zero-order valence-corrected chi connectivity index (χ0v) is 10.4. The van der Waals surface area contributed by atoms with Crippen molar-refractivity contribution in [1.82, 2.24) is 9.97 Å². The number of hydrogen-bond donors (Lipinski definition) is 1. The van der Waals surface area contributed by atoms with E-state index in [-0.39, 0.29) is 17.7 Å². The molecule has 0 bridgehead atoms. The third kappa shape index (κ3) is 3.86. The molecule has 1 heterocycles. The summed E-state index contributed by atoms with van der Waals surface area (Å²) < 4.78 is 4.86. The first kappa shape index (κ1) is 13.1. The van der Waals surface area contributed by atoms with Gasteiger partial charge in [-0.15, -0.1) is 11.8 Å². The van der Waals surface area contributed by atoms with E-state index in [1.54, 1.807) is 6.92 Å². The molecule has 1 N–H and O–H groups in total. The van der Waals surface area contributed by atoms with Gasteiger partial charge in [-0.2, -0.15) is 4.98 Å². The molecule has 0 aliphatic rings. The number of aromatic nitrogens is 2. The van der Waals surface area contributed by atoms with Gasteiger partial charge in [0.25, 0.3) is 0 Å². The van der Waals surface area contributed by atoms with Crippen LogP contribution in [0.2, 0.25) is 5.02 Å². The molecule has 1 aromatic heterocycles. The third-order valence-electron chi connectivity index (χ3n) is 1.65. The molecule has 0 saturated heterocycles. The van der Waals surface area contributed by atoms with Gasteiger partial charge in [0.2, 0.25) is 0 Å². The maximum absolute atomic E-state index is 10.5. The average molecular weight is 263 g/mol. The highest BCUT2D eigenvalue weighted by molar-refractivity contribution is 8.00. The summed E-state index contributed by atoms with van der Waals surface area (Å²) in [6.45, 7) is 1.80. The molecule has 88 valence electrons. The number of methoxy groups -OCH3 is 1. The smallest absolute Gasteiger partial charge is 0.317 e. The number of thioether (sulfide) groups is 1. The van der Waals surface area contributed by atoms with Crippen molar-refractivity contribution in [2.75, 3.05) is 7.11 Å². The van der Waals surface area contributed by atoms with E-state index in [0.717, 1.165) is 0 Å². The Morgan fingerprint density at radius 1 is 1.75 bits per heavy atom. The minimum atomic E-state index is -0.850. The summed E-state index contributed by atoms with van der Waals surface area (Å²) in [6.07, 6.45) is 1.48. The van der Waals surface area contributed by atoms with Gasteiger partial charge < -0.3 is 9.84 Å². The predicted octanol–water partition coefficient (Wildman–Crippen LogP) is 2.09. The fraction of sp³-hybridized carbons (Fsp3) is 0.444. The number of carboxylic acid groups (broad SMARTS) is 1. The molecule has 1 atom stereocenters. The van der Waals surface area contributed by atoms with Gasteiger partial charge in [0, 0.05) is 5.25 Å². The lowest BCUT2D eigenvalue weighted by atomic mass is 10.3. The molecule has 0 radical (unpaired) electrons. The van der Waals surface area contributed by atoms with E-state index in [4.69, 9.17) is 21.4 Å². The average Bonchev–Trinajstić information content (AvgIpc) is 2.20. The molecule has 0 amide bonds. The Hall–Kier alpha value is -1.01. The van der Waals surface area contributed by atoms with Gasteiger partial charge in [-0.05, 0) is 0 Å². The van der Waals surface area contributed by atoms with Crippen LogP contribution < -0.4 is 4.74 Å². The molecule has 7 heteroatoms. The van der Waals surface area contributed by atoms with Crippen molar-refractivity contribution in [1.29, 1.82) is 0 Å². The topological polar surface area (TPSA) is 72.3 Å². The minimum Gasteiger partial charge on any atom is -0.481 e. The molecule has 0 spiro atoms. The van der Waals surface area contributed by atoms with Crippen LogP contribution in [0.3, 0.4) is 0 Å². The molecule has 0 aliphatic heterocycles. The maximum Gasteiger partial charge on any atom is 0.317 e. The lowest BCUT2D eigenvalue weighted by molar-refractivity contribution is -0.136. The van der Waals surface area contributed by atoms with Crippen LogP contribution in [-0.2, 0) is 4.79 Å². The zero-order chi connectivity index (χ0) is 12.1. The van der Waals surface area contributed by atoms with Crippen LogP contribution in [-0.4, -0.2) is 33.4 Å². The van der Waals surface area contributed by atoms with E-state index >= 15 is 0 Å². The highest BCUT2D eigenvalue weighted by Gasteiger charge is 2.13. The van der Waals surface area contributed by atoms with Gasteiger partial charge in [0.15, 0.2) is 0 Å². The second-order valence-corrected chi connectivity index (χ2v) is 4.87. The number of aliphatic carboxylic acids is 1. The van der Waals surface area contributed by atoms with E-state index in [9.17, 15) is 4.79 Å². The zero-order valence-electron chi connectivity index (χ0n) is 8.81. The number of carboxylic acids is 1. The monoisotopic (exact) mass is 262 g/mol. The van der Waals surface area contributed by atoms with Crippen LogP contribution in [0.15, 0.2) is 11.2 Å². The molecule has 0 fully saturated rings. The standard InChI is InChI=1S/C9H11ClN2O3S/c1-5(3-7(13)14)16-8-6(10)4-11-9(12-8)15-2/h4-5H,3H2,1-2H3,(H,13,14). The Balaban J connectivity index is 2.75. The van der Waals surface area contributed by atoms with Gasteiger partial charge in [0.05, 0.1) is 24.8 Å². The van der Waals surface area contributed by atoms with Gasteiger partial charge in [-0.3, -0.25) is 4.79 Å². The summed E-state index contributed by atoms with van der Waals surface area (Å²) >= 11 is 7.17. The first-order chi connectivity index (χ1) is 7.52. The summed E-state index contributed by atoms with van der Waals surface area (Å²) in [5.41, 5.74) is 0. The van der Waals surface area contributed by atoms with Gasteiger partial charge in [-0.25, -0.2) is 4.98 Å². The quantitative estimate of drug-likeness (QED) is 0.647. The normalized spacial score (nSPS) is 12.2. The van der Waals surface area contributed by atoms with Gasteiger partial charge >= 0.3 is 12.0 Å². The Labute approximate surface area is 102 Å². The minimum absolute atomic E-state index is 0.0489. The molecule has 0 saturated carbocycles. The molecule has 1 aromatic rings. The number of rotatable bonds is 5. The molecule has 1 unspecified atom stereocenters. The molecule has 16 heavy (non-hydrogen) atoms. The van der Waals surface area contributed by atoms with Crippen molar-refractivity contribution in [3.05, 3.63) is 11.2 Å². The van der Waals surface area contributed by atoms with E-state index in [1.807, 2.05) is 0 Å². The van der Waals surface area contributed by atoms with Crippen LogP contribution in [0.4, 0.5) is 0 Å². The lowest BCUT2D eigenvalue weighted by Crippen LogP contribution is -2.06. The van der Waals surface area contributed by atoms with Crippen molar-refractivity contribution in [2.24, 2.45) is 0 Å². The Bertz CT molecular complexity index is 389. The second-order valence-electron chi connectivity index (χ2n) is 3.04. The molecular formula is C9H11ClN2O3S. The van der Waals surface area contributed by atoms with Crippen molar-refractivity contribution in [3.63, 3.8) is 0 Å². The van der Waals surface area contributed by atoms with Crippen molar-refractivity contribution < 1.29 is 14.6 Å². The van der Waals surface area contributed by atoms with E-state index in [0.29, 0.717) is 10.0 Å². The largest absolute Gasteiger partial charge is 0.481 e. The molecule has 5 nitrogen and oxygen atoms in total. The van der Waals surface area contributed by atoms with Crippen molar-refractivity contribution in [3.8, 4) is 6.01 Å². The van der Waals surface area contributed by atoms with Crippen LogP contribution >= 0.6 is 23.4 Å². The number of ether oxygens (including phenoxy) is 1. The Morgan fingerprint density at radius 2 is 2.44 bits per heavy atom. The van der Waals surface area contributed by atoms with Gasteiger partial charge in [-0.1, -0.05) is 18.5 Å². The Morgan fingerprint density at radius 3 is 3.00 bits per heavy atom. The summed E-state index contributed by atoms with van der Waals surface area (Å²) in [5.74, 6) is -0.850.